The van der Waals surface area contributed by atoms with Crippen LogP contribution in [0.15, 0.2) is 53.4 Å². The SMILES string of the molecule is CS(=O)c1ccc(C(=O)NC[C@@H]2CCCN2C(=O)CC(N)Cc2ccccc2F)cc1. The van der Waals surface area contributed by atoms with Crippen molar-refractivity contribution in [1.82, 2.24) is 10.2 Å². The van der Waals surface area contributed by atoms with Crippen molar-refractivity contribution in [3.63, 3.8) is 0 Å². The molecule has 2 aromatic rings. The summed E-state index contributed by atoms with van der Waals surface area (Å²) in [5, 5.41) is 2.89. The molecule has 0 spiro atoms. The van der Waals surface area contributed by atoms with Gasteiger partial charge in [0, 0.05) is 59.1 Å². The minimum atomic E-state index is -1.09. The van der Waals surface area contributed by atoms with E-state index >= 15 is 0 Å². The lowest BCUT2D eigenvalue weighted by Gasteiger charge is -2.26. The second-order valence-corrected chi connectivity index (χ2v) is 9.21. The first-order chi connectivity index (χ1) is 14.8. The van der Waals surface area contributed by atoms with Crippen LogP contribution in [0, 0.1) is 5.82 Å². The number of nitrogens with one attached hydrogen (secondary N) is 1. The number of nitrogens with zero attached hydrogens (tertiary/aromatic N) is 1. The molecule has 1 fully saturated rings. The minimum Gasteiger partial charge on any atom is -0.350 e. The summed E-state index contributed by atoms with van der Waals surface area (Å²) >= 11 is 0. The van der Waals surface area contributed by atoms with Crippen LogP contribution >= 0.6 is 0 Å². The number of benzene rings is 2. The molecular weight excluding hydrogens is 417 g/mol. The molecule has 3 N–H and O–H groups in total. The predicted molar refractivity (Wildman–Crippen MR) is 119 cm³/mol. The number of hydrogen-bond acceptors (Lipinski definition) is 4. The molecule has 1 aliphatic rings. The van der Waals surface area contributed by atoms with Crippen LogP contribution in [0.25, 0.3) is 0 Å². The van der Waals surface area contributed by atoms with Gasteiger partial charge in [-0.25, -0.2) is 4.39 Å². The Kier molecular flexibility index (Phi) is 7.92. The van der Waals surface area contributed by atoms with E-state index in [2.05, 4.69) is 5.32 Å². The molecule has 3 atom stereocenters. The highest BCUT2D eigenvalue weighted by molar-refractivity contribution is 7.84. The number of hydrogen-bond donors (Lipinski definition) is 2. The average molecular weight is 446 g/mol. The lowest BCUT2D eigenvalue weighted by Crippen LogP contribution is -2.45. The maximum Gasteiger partial charge on any atom is 0.251 e. The van der Waals surface area contributed by atoms with Crippen LogP contribution < -0.4 is 11.1 Å². The molecule has 2 aromatic carbocycles. The number of carbonyl (C=O) groups is 2. The standard InChI is InChI=1S/C23H28FN3O3S/c1-31(30)20-10-8-16(9-11-20)23(29)26-15-19-6-4-12-27(19)22(28)14-18(25)13-17-5-2-3-7-21(17)24/h2-3,5,7-11,18-19H,4,6,12-15,25H2,1H3,(H,26,29)/t18?,19-,31?/m0/s1. The van der Waals surface area contributed by atoms with Gasteiger partial charge in [-0.15, -0.1) is 0 Å². The molecule has 0 aromatic heterocycles. The molecule has 0 radical (unpaired) electrons. The first kappa shape index (κ1) is 23.1. The first-order valence-electron chi connectivity index (χ1n) is 10.4. The van der Waals surface area contributed by atoms with Crippen LogP contribution in [0.5, 0.6) is 0 Å². The van der Waals surface area contributed by atoms with Crippen LogP contribution in [0.4, 0.5) is 4.39 Å². The molecule has 2 unspecified atom stereocenters. The van der Waals surface area contributed by atoms with E-state index in [0.717, 1.165) is 12.8 Å². The Morgan fingerprint density at radius 1 is 1.23 bits per heavy atom. The van der Waals surface area contributed by atoms with Gasteiger partial charge in [-0.2, -0.15) is 0 Å². The Morgan fingerprint density at radius 2 is 1.94 bits per heavy atom. The normalized spacial score (nSPS) is 17.9. The lowest BCUT2D eigenvalue weighted by atomic mass is 10.0. The van der Waals surface area contributed by atoms with Crippen molar-refractivity contribution in [3.05, 3.63) is 65.5 Å². The van der Waals surface area contributed by atoms with Crippen LogP contribution in [-0.4, -0.2) is 52.4 Å². The van der Waals surface area contributed by atoms with Crippen molar-refractivity contribution in [2.24, 2.45) is 5.73 Å². The number of rotatable bonds is 8. The fourth-order valence-electron chi connectivity index (χ4n) is 3.85. The van der Waals surface area contributed by atoms with E-state index < -0.39 is 16.8 Å². The summed E-state index contributed by atoms with van der Waals surface area (Å²) in [6.07, 6.45) is 3.69. The highest BCUT2D eigenvalue weighted by Crippen LogP contribution is 2.19. The predicted octanol–water partition coefficient (Wildman–Crippen LogP) is 2.24. The third kappa shape index (κ3) is 6.21. The van der Waals surface area contributed by atoms with Gasteiger partial charge in [0.05, 0.1) is 0 Å². The highest BCUT2D eigenvalue weighted by atomic mass is 32.2. The maximum atomic E-state index is 13.8. The van der Waals surface area contributed by atoms with Gasteiger partial charge >= 0.3 is 0 Å². The monoisotopic (exact) mass is 445 g/mol. The van der Waals surface area contributed by atoms with E-state index in [4.69, 9.17) is 5.73 Å². The number of amides is 2. The molecule has 3 rings (SSSR count). The van der Waals surface area contributed by atoms with Gasteiger partial charge in [0.25, 0.3) is 5.91 Å². The number of likely N-dealkylation sites (tertiary alicyclic amines) is 1. The number of halogens is 1. The van der Waals surface area contributed by atoms with Gasteiger partial charge in [-0.05, 0) is 55.2 Å². The van der Waals surface area contributed by atoms with Crippen molar-refractivity contribution >= 4 is 22.6 Å². The summed E-state index contributed by atoms with van der Waals surface area (Å²) in [5.41, 5.74) is 7.10. The molecule has 6 nitrogen and oxygen atoms in total. The molecule has 1 saturated heterocycles. The summed E-state index contributed by atoms with van der Waals surface area (Å²) < 4.78 is 25.3. The summed E-state index contributed by atoms with van der Waals surface area (Å²) in [5.74, 6) is -0.621. The molecule has 0 bridgehead atoms. The smallest absolute Gasteiger partial charge is 0.251 e. The van der Waals surface area contributed by atoms with Gasteiger partial charge < -0.3 is 16.0 Å². The van der Waals surface area contributed by atoms with Crippen molar-refractivity contribution in [2.75, 3.05) is 19.3 Å². The van der Waals surface area contributed by atoms with Crippen molar-refractivity contribution in [3.8, 4) is 0 Å². The zero-order valence-electron chi connectivity index (χ0n) is 17.6. The van der Waals surface area contributed by atoms with Gasteiger partial charge in [-0.1, -0.05) is 18.2 Å². The Labute approximate surface area is 184 Å². The molecule has 8 heteroatoms. The van der Waals surface area contributed by atoms with E-state index in [-0.39, 0.29) is 30.1 Å². The lowest BCUT2D eigenvalue weighted by molar-refractivity contribution is -0.132. The Bertz CT molecular complexity index is 951. The van der Waals surface area contributed by atoms with E-state index in [9.17, 15) is 18.2 Å². The molecule has 1 heterocycles. The van der Waals surface area contributed by atoms with Crippen molar-refractivity contribution in [1.29, 1.82) is 0 Å². The Morgan fingerprint density at radius 3 is 2.61 bits per heavy atom. The Hall–Kier alpha value is -2.58. The van der Waals surface area contributed by atoms with Gasteiger partial charge in [0.15, 0.2) is 0 Å². The topological polar surface area (TPSA) is 92.5 Å². The largest absolute Gasteiger partial charge is 0.350 e. The van der Waals surface area contributed by atoms with E-state index in [1.807, 2.05) is 0 Å². The zero-order valence-corrected chi connectivity index (χ0v) is 18.4. The number of carbonyl (C=O) groups excluding carboxylic acids is 2. The first-order valence-corrected chi connectivity index (χ1v) is 11.9. The second-order valence-electron chi connectivity index (χ2n) is 7.83. The third-order valence-electron chi connectivity index (χ3n) is 5.52. The van der Waals surface area contributed by atoms with Crippen molar-refractivity contribution in [2.45, 2.75) is 42.7 Å². The molecule has 0 aliphatic carbocycles. The van der Waals surface area contributed by atoms with Crippen LogP contribution in [0.3, 0.4) is 0 Å². The molecule has 2 amide bonds. The maximum absolute atomic E-state index is 13.8. The summed E-state index contributed by atoms with van der Waals surface area (Å²) in [6.45, 7) is 0.984. The van der Waals surface area contributed by atoms with E-state index in [0.29, 0.717) is 35.5 Å². The number of nitrogens with two attached hydrogens (primary N) is 1. The highest BCUT2D eigenvalue weighted by Gasteiger charge is 2.29. The zero-order chi connectivity index (χ0) is 22.4. The Balaban J connectivity index is 1.51. The van der Waals surface area contributed by atoms with E-state index in [1.165, 1.54) is 6.07 Å². The second kappa shape index (κ2) is 10.6. The minimum absolute atomic E-state index is 0.0737. The fourth-order valence-corrected chi connectivity index (χ4v) is 4.37. The summed E-state index contributed by atoms with van der Waals surface area (Å²) in [7, 11) is -1.09. The van der Waals surface area contributed by atoms with Gasteiger partial charge in [0.1, 0.15) is 5.82 Å². The molecule has 1 aliphatic heterocycles. The third-order valence-corrected chi connectivity index (χ3v) is 6.46. The summed E-state index contributed by atoms with van der Waals surface area (Å²) in [6, 6.07) is 12.5. The molecular formula is C23H28FN3O3S. The average Bonchev–Trinajstić information content (AvgIpc) is 3.22. The van der Waals surface area contributed by atoms with Gasteiger partial charge in [-0.3, -0.25) is 13.8 Å². The van der Waals surface area contributed by atoms with E-state index in [1.54, 1.807) is 53.6 Å². The quantitative estimate of drug-likeness (QED) is 0.652. The van der Waals surface area contributed by atoms with Crippen LogP contribution in [0.2, 0.25) is 0 Å². The molecule has 0 saturated carbocycles. The fraction of sp³-hybridized carbons (Fsp3) is 0.391. The van der Waals surface area contributed by atoms with Crippen LogP contribution in [0.1, 0.15) is 35.2 Å². The molecule has 166 valence electrons. The van der Waals surface area contributed by atoms with Gasteiger partial charge in [0.2, 0.25) is 5.91 Å². The van der Waals surface area contributed by atoms with Crippen LogP contribution in [-0.2, 0) is 22.0 Å². The molecule has 31 heavy (non-hydrogen) atoms. The van der Waals surface area contributed by atoms with Crippen molar-refractivity contribution < 1.29 is 18.2 Å². The summed E-state index contributed by atoms with van der Waals surface area (Å²) in [4.78, 5) is 27.6.